The zero-order chi connectivity index (χ0) is 11.3. The number of rotatable bonds is 5. The van der Waals surface area contributed by atoms with E-state index >= 15 is 0 Å². The lowest BCUT2D eigenvalue weighted by atomic mass is 9.68. The summed E-state index contributed by atoms with van der Waals surface area (Å²) in [6.45, 7) is 2.42. The quantitative estimate of drug-likeness (QED) is 0.765. The molecule has 0 aromatic heterocycles. The average molecular weight is 214 g/mol. The van der Waals surface area contributed by atoms with Gasteiger partial charge in [-0.25, -0.2) is 0 Å². The minimum atomic E-state index is -0.661. The third-order valence-corrected chi connectivity index (χ3v) is 3.82. The fourth-order valence-electron chi connectivity index (χ4n) is 2.54. The number of methoxy groups -OCH3 is 1. The van der Waals surface area contributed by atoms with Crippen molar-refractivity contribution < 1.29 is 14.6 Å². The minimum Gasteiger partial charge on any atom is -0.481 e. The third kappa shape index (κ3) is 2.94. The molecular formula is C12H22O3. The van der Waals surface area contributed by atoms with Crippen LogP contribution in [0.3, 0.4) is 0 Å². The lowest BCUT2D eigenvalue weighted by molar-refractivity contribution is -0.153. The lowest BCUT2D eigenvalue weighted by Crippen LogP contribution is -2.38. The molecule has 0 aromatic carbocycles. The van der Waals surface area contributed by atoms with Gasteiger partial charge in [0.2, 0.25) is 0 Å². The van der Waals surface area contributed by atoms with Gasteiger partial charge in [0, 0.05) is 13.7 Å². The normalized spacial score (nSPS) is 22.3. The summed E-state index contributed by atoms with van der Waals surface area (Å²) < 4.78 is 5.02. The summed E-state index contributed by atoms with van der Waals surface area (Å²) >= 11 is 0. The van der Waals surface area contributed by atoms with E-state index in [1.165, 1.54) is 19.3 Å². The number of aliphatic carboxylic acids is 1. The Balaban J connectivity index is 2.65. The minimum absolute atomic E-state index is 0.332. The van der Waals surface area contributed by atoms with Gasteiger partial charge in [-0.3, -0.25) is 4.79 Å². The zero-order valence-electron chi connectivity index (χ0n) is 9.79. The van der Waals surface area contributed by atoms with Crippen molar-refractivity contribution >= 4 is 5.97 Å². The molecule has 1 N–H and O–H groups in total. The Bertz CT molecular complexity index is 209. The van der Waals surface area contributed by atoms with Crippen molar-refractivity contribution in [1.82, 2.24) is 0 Å². The molecule has 0 spiro atoms. The van der Waals surface area contributed by atoms with Crippen LogP contribution < -0.4 is 0 Å². The summed E-state index contributed by atoms with van der Waals surface area (Å²) in [7, 11) is 1.63. The van der Waals surface area contributed by atoms with Gasteiger partial charge in [0.15, 0.2) is 0 Å². The molecule has 1 atom stereocenters. The van der Waals surface area contributed by atoms with Crippen molar-refractivity contribution in [1.29, 1.82) is 0 Å². The number of hydrogen-bond donors (Lipinski definition) is 1. The zero-order valence-corrected chi connectivity index (χ0v) is 9.79. The first kappa shape index (κ1) is 12.5. The molecule has 0 radical (unpaired) electrons. The summed E-state index contributed by atoms with van der Waals surface area (Å²) in [5.74, 6) is -0.328. The van der Waals surface area contributed by atoms with Crippen LogP contribution in [0.5, 0.6) is 0 Å². The Labute approximate surface area is 91.8 Å². The van der Waals surface area contributed by atoms with Crippen LogP contribution in [0.1, 0.15) is 45.4 Å². The third-order valence-electron chi connectivity index (χ3n) is 3.82. The van der Waals surface area contributed by atoms with E-state index in [0.29, 0.717) is 18.9 Å². The van der Waals surface area contributed by atoms with Crippen LogP contribution in [0.4, 0.5) is 0 Å². The van der Waals surface area contributed by atoms with E-state index in [9.17, 15) is 9.90 Å². The van der Waals surface area contributed by atoms with Crippen molar-refractivity contribution in [3.63, 3.8) is 0 Å². The largest absolute Gasteiger partial charge is 0.481 e. The first-order chi connectivity index (χ1) is 7.11. The van der Waals surface area contributed by atoms with Gasteiger partial charge in [0.1, 0.15) is 0 Å². The Morgan fingerprint density at radius 2 is 2.00 bits per heavy atom. The van der Waals surface area contributed by atoms with E-state index in [2.05, 4.69) is 0 Å². The summed E-state index contributed by atoms with van der Waals surface area (Å²) in [6, 6.07) is 0. The van der Waals surface area contributed by atoms with Gasteiger partial charge in [-0.1, -0.05) is 19.3 Å². The maximum absolute atomic E-state index is 11.4. The second kappa shape index (κ2) is 5.50. The SMILES string of the molecule is COCCC(C)(C(=O)O)C1CCCCC1. The maximum Gasteiger partial charge on any atom is 0.309 e. The topological polar surface area (TPSA) is 46.5 Å². The molecule has 1 aliphatic rings. The van der Waals surface area contributed by atoms with Gasteiger partial charge >= 0.3 is 5.97 Å². The van der Waals surface area contributed by atoms with Crippen molar-refractivity contribution in [2.24, 2.45) is 11.3 Å². The standard InChI is InChI=1S/C12H22O3/c1-12(11(13)14,8-9-15-2)10-6-4-3-5-7-10/h10H,3-9H2,1-2H3,(H,13,14). The van der Waals surface area contributed by atoms with Crippen molar-refractivity contribution in [3.05, 3.63) is 0 Å². The molecule has 88 valence electrons. The smallest absolute Gasteiger partial charge is 0.309 e. The molecule has 0 aliphatic heterocycles. The fraction of sp³-hybridized carbons (Fsp3) is 0.917. The van der Waals surface area contributed by atoms with Crippen LogP contribution in [-0.2, 0) is 9.53 Å². The van der Waals surface area contributed by atoms with Gasteiger partial charge in [-0.05, 0) is 32.1 Å². The van der Waals surface area contributed by atoms with E-state index in [-0.39, 0.29) is 0 Å². The molecule has 1 aliphatic carbocycles. The Kier molecular flexibility index (Phi) is 4.58. The molecule has 1 unspecified atom stereocenters. The molecule has 1 fully saturated rings. The molecular weight excluding hydrogens is 192 g/mol. The molecule has 0 bridgehead atoms. The van der Waals surface area contributed by atoms with Crippen LogP contribution in [0.2, 0.25) is 0 Å². The van der Waals surface area contributed by atoms with E-state index in [1.54, 1.807) is 7.11 Å². The summed E-state index contributed by atoms with van der Waals surface area (Å²) in [4.78, 5) is 11.4. The highest BCUT2D eigenvalue weighted by molar-refractivity contribution is 5.74. The molecule has 1 rings (SSSR count). The van der Waals surface area contributed by atoms with Gasteiger partial charge in [-0.15, -0.1) is 0 Å². The average Bonchev–Trinajstić information content (AvgIpc) is 2.27. The van der Waals surface area contributed by atoms with Gasteiger partial charge < -0.3 is 9.84 Å². The van der Waals surface area contributed by atoms with E-state index in [1.807, 2.05) is 6.92 Å². The monoisotopic (exact) mass is 214 g/mol. The molecule has 0 amide bonds. The number of carboxylic acids is 1. The second-order valence-electron chi connectivity index (χ2n) is 4.80. The van der Waals surface area contributed by atoms with Crippen LogP contribution in [0.25, 0.3) is 0 Å². The van der Waals surface area contributed by atoms with Crippen LogP contribution in [-0.4, -0.2) is 24.8 Å². The summed E-state index contributed by atoms with van der Waals surface area (Å²) in [6.07, 6.45) is 6.38. The Morgan fingerprint density at radius 3 is 2.47 bits per heavy atom. The van der Waals surface area contributed by atoms with Crippen molar-refractivity contribution in [2.45, 2.75) is 45.4 Å². The van der Waals surface area contributed by atoms with Crippen molar-refractivity contribution in [3.8, 4) is 0 Å². The molecule has 3 nitrogen and oxygen atoms in total. The number of carbonyl (C=O) groups is 1. The Morgan fingerprint density at radius 1 is 1.40 bits per heavy atom. The second-order valence-corrected chi connectivity index (χ2v) is 4.80. The molecule has 0 heterocycles. The van der Waals surface area contributed by atoms with Crippen LogP contribution in [0.15, 0.2) is 0 Å². The molecule has 3 heteroatoms. The first-order valence-corrected chi connectivity index (χ1v) is 5.83. The first-order valence-electron chi connectivity index (χ1n) is 5.83. The summed E-state index contributed by atoms with van der Waals surface area (Å²) in [5.41, 5.74) is -0.587. The maximum atomic E-state index is 11.4. The van der Waals surface area contributed by atoms with Crippen molar-refractivity contribution in [2.75, 3.05) is 13.7 Å². The molecule has 15 heavy (non-hydrogen) atoms. The number of hydrogen-bond acceptors (Lipinski definition) is 2. The predicted octanol–water partition coefficient (Wildman–Crippen LogP) is 2.69. The van der Waals surface area contributed by atoms with Crippen LogP contribution >= 0.6 is 0 Å². The molecule has 0 saturated heterocycles. The van der Waals surface area contributed by atoms with E-state index < -0.39 is 11.4 Å². The summed E-state index contributed by atoms with van der Waals surface area (Å²) in [5, 5.41) is 9.36. The highest BCUT2D eigenvalue weighted by atomic mass is 16.5. The number of ether oxygens (including phenoxy) is 1. The van der Waals surface area contributed by atoms with Gasteiger partial charge in [0.05, 0.1) is 5.41 Å². The Hall–Kier alpha value is -0.570. The van der Waals surface area contributed by atoms with E-state index in [0.717, 1.165) is 12.8 Å². The van der Waals surface area contributed by atoms with Gasteiger partial charge in [-0.2, -0.15) is 0 Å². The highest BCUT2D eigenvalue weighted by Crippen LogP contribution is 2.41. The van der Waals surface area contributed by atoms with Gasteiger partial charge in [0.25, 0.3) is 0 Å². The highest BCUT2D eigenvalue weighted by Gasteiger charge is 2.41. The number of carboxylic acid groups (broad SMARTS) is 1. The predicted molar refractivity (Wildman–Crippen MR) is 58.8 cm³/mol. The van der Waals surface area contributed by atoms with Crippen LogP contribution in [0, 0.1) is 11.3 Å². The van der Waals surface area contributed by atoms with E-state index in [4.69, 9.17) is 4.74 Å². The lowest BCUT2D eigenvalue weighted by Gasteiger charge is -2.36. The molecule has 0 aromatic rings. The molecule has 1 saturated carbocycles. The fourth-order valence-corrected chi connectivity index (χ4v) is 2.54.